The summed E-state index contributed by atoms with van der Waals surface area (Å²) in [5.41, 5.74) is 1.78. The van der Waals surface area contributed by atoms with Crippen molar-refractivity contribution in [2.24, 2.45) is 5.92 Å². The molecule has 3 nitrogen and oxygen atoms in total. The number of rotatable bonds is 3. The molecule has 0 saturated heterocycles. The fourth-order valence-corrected chi connectivity index (χ4v) is 5.25. The van der Waals surface area contributed by atoms with Crippen LogP contribution >= 0.6 is 0 Å². The third-order valence-electron chi connectivity index (χ3n) is 4.43. The van der Waals surface area contributed by atoms with E-state index in [0.717, 1.165) is 49.7 Å². The van der Waals surface area contributed by atoms with Crippen LogP contribution in [0.1, 0.15) is 49.7 Å². The number of hydrogen-bond donors (Lipinski definition) is 0. The second-order valence-corrected chi connectivity index (χ2v) is 8.15. The van der Waals surface area contributed by atoms with E-state index in [1.54, 1.807) is 19.1 Å². The Morgan fingerprint density at radius 1 is 1.14 bits per heavy atom. The molecule has 2 rings (SSSR count). The third-order valence-corrected chi connectivity index (χ3v) is 6.66. The Hall–Kier alpha value is -1.34. The van der Waals surface area contributed by atoms with Gasteiger partial charge in [-0.15, -0.1) is 0 Å². The lowest BCUT2D eigenvalue weighted by atomic mass is 9.97. The molecule has 1 unspecified atom stereocenters. The molecule has 1 fully saturated rings. The molecule has 1 aromatic carbocycles. The molecular formula is C17H23NO2S. The minimum Gasteiger partial charge on any atom is -0.222 e. The van der Waals surface area contributed by atoms with Crippen molar-refractivity contribution < 1.29 is 8.42 Å². The normalized spacial score (nSPS) is 18.7. The third kappa shape index (κ3) is 3.47. The Morgan fingerprint density at radius 2 is 1.76 bits per heavy atom. The van der Waals surface area contributed by atoms with E-state index in [9.17, 15) is 13.7 Å². The van der Waals surface area contributed by atoms with Crippen LogP contribution < -0.4 is 0 Å². The van der Waals surface area contributed by atoms with Crippen molar-refractivity contribution in [2.75, 3.05) is 0 Å². The summed E-state index contributed by atoms with van der Waals surface area (Å²) in [5, 5.41) is 8.58. The molecule has 0 heterocycles. The van der Waals surface area contributed by atoms with Gasteiger partial charge in [0.05, 0.1) is 11.0 Å². The molecule has 1 aromatic rings. The Morgan fingerprint density at radius 3 is 2.29 bits per heavy atom. The van der Waals surface area contributed by atoms with Gasteiger partial charge in [-0.1, -0.05) is 43.4 Å². The maximum atomic E-state index is 12.9. The van der Waals surface area contributed by atoms with Crippen molar-refractivity contribution in [3.63, 3.8) is 0 Å². The first-order chi connectivity index (χ1) is 9.96. The number of benzene rings is 1. The van der Waals surface area contributed by atoms with E-state index >= 15 is 0 Å². The van der Waals surface area contributed by atoms with Gasteiger partial charge in [0.2, 0.25) is 0 Å². The average Bonchev–Trinajstić information content (AvgIpc) is 2.67. The smallest absolute Gasteiger partial charge is 0.195 e. The highest BCUT2D eigenvalue weighted by molar-refractivity contribution is 7.92. The summed E-state index contributed by atoms with van der Waals surface area (Å²) < 4.78 is 25.8. The predicted molar refractivity (Wildman–Crippen MR) is 83.7 cm³/mol. The van der Waals surface area contributed by atoms with Gasteiger partial charge >= 0.3 is 0 Å². The van der Waals surface area contributed by atoms with Crippen molar-refractivity contribution in [1.29, 1.82) is 5.26 Å². The quantitative estimate of drug-likeness (QED) is 0.795. The summed E-state index contributed by atoms with van der Waals surface area (Å²) >= 11 is 0. The minimum absolute atomic E-state index is 0.0248. The molecule has 1 atom stereocenters. The van der Waals surface area contributed by atoms with E-state index in [-0.39, 0.29) is 5.92 Å². The summed E-state index contributed by atoms with van der Waals surface area (Å²) in [5.74, 6) is -0.0248. The monoisotopic (exact) mass is 305 g/mol. The van der Waals surface area contributed by atoms with Crippen molar-refractivity contribution in [3.8, 4) is 6.07 Å². The van der Waals surface area contributed by atoms with Crippen LogP contribution in [0.5, 0.6) is 0 Å². The summed E-state index contributed by atoms with van der Waals surface area (Å²) in [6.07, 6.45) is 6.07. The van der Waals surface area contributed by atoms with Gasteiger partial charge in [-0.05, 0) is 44.2 Å². The highest BCUT2D eigenvalue weighted by atomic mass is 32.2. The standard InChI is InChI=1S/C17H23NO2S/c1-13-9-10-16(14(2)11-13)21(19,20)17(12-18)15-7-5-3-4-6-8-15/h9-11,15,17H,3-8H2,1-2H3. The highest BCUT2D eigenvalue weighted by Crippen LogP contribution is 2.32. The van der Waals surface area contributed by atoms with Gasteiger partial charge in [0, 0.05) is 0 Å². The Labute approximate surface area is 127 Å². The topological polar surface area (TPSA) is 57.9 Å². The Balaban J connectivity index is 2.37. The molecule has 0 spiro atoms. The lowest BCUT2D eigenvalue weighted by Crippen LogP contribution is -2.29. The number of sulfone groups is 1. The van der Waals surface area contributed by atoms with Crippen LogP contribution in [-0.4, -0.2) is 13.7 Å². The summed E-state index contributed by atoms with van der Waals surface area (Å²) in [6.45, 7) is 3.75. The molecule has 0 aromatic heterocycles. The Kier molecular flexibility index (Phi) is 5.05. The molecule has 0 N–H and O–H groups in total. The van der Waals surface area contributed by atoms with E-state index in [1.165, 1.54) is 0 Å². The van der Waals surface area contributed by atoms with E-state index in [1.807, 2.05) is 13.0 Å². The molecule has 0 aliphatic heterocycles. The molecule has 1 saturated carbocycles. The zero-order valence-corrected chi connectivity index (χ0v) is 13.6. The molecule has 1 aliphatic rings. The lowest BCUT2D eigenvalue weighted by Gasteiger charge is -2.21. The van der Waals surface area contributed by atoms with Crippen LogP contribution in [0.3, 0.4) is 0 Å². The SMILES string of the molecule is Cc1ccc(S(=O)(=O)C(C#N)C2CCCCCC2)c(C)c1. The molecule has 4 heteroatoms. The fourth-order valence-electron chi connectivity index (χ4n) is 3.30. The van der Waals surface area contributed by atoms with Crippen LogP contribution in [0, 0.1) is 31.1 Å². The number of nitriles is 1. The number of hydrogen-bond acceptors (Lipinski definition) is 3. The van der Waals surface area contributed by atoms with Crippen molar-refractivity contribution in [3.05, 3.63) is 29.3 Å². The van der Waals surface area contributed by atoms with E-state index in [4.69, 9.17) is 0 Å². The van der Waals surface area contributed by atoms with Gasteiger partial charge in [0.25, 0.3) is 0 Å². The molecule has 21 heavy (non-hydrogen) atoms. The van der Waals surface area contributed by atoms with Crippen LogP contribution in [0.25, 0.3) is 0 Å². The number of aryl methyl sites for hydroxylation is 2. The second-order valence-electron chi connectivity index (χ2n) is 6.12. The Bertz CT molecular complexity index is 635. The second kappa shape index (κ2) is 6.62. The first kappa shape index (κ1) is 16.0. The summed E-state index contributed by atoms with van der Waals surface area (Å²) in [7, 11) is -3.58. The maximum absolute atomic E-state index is 12.9. The van der Waals surface area contributed by atoms with E-state index < -0.39 is 15.1 Å². The predicted octanol–water partition coefficient (Wildman–Crippen LogP) is 3.94. The summed E-state index contributed by atoms with van der Waals surface area (Å²) in [4.78, 5) is 0.323. The van der Waals surface area contributed by atoms with Crippen molar-refractivity contribution in [2.45, 2.75) is 62.5 Å². The molecule has 0 bridgehead atoms. The molecule has 114 valence electrons. The van der Waals surface area contributed by atoms with Crippen LogP contribution in [-0.2, 0) is 9.84 Å². The largest absolute Gasteiger partial charge is 0.222 e. The van der Waals surface area contributed by atoms with Crippen LogP contribution in [0.2, 0.25) is 0 Å². The van der Waals surface area contributed by atoms with E-state index in [0.29, 0.717) is 4.90 Å². The van der Waals surface area contributed by atoms with Crippen LogP contribution in [0.4, 0.5) is 0 Å². The zero-order valence-electron chi connectivity index (χ0n) is 12.8. The summed E-state index contributed by atoms with van der Waals surface area (Å²) in [6, 6.07) is 7.42. The highest BCUT2D eigenvalue weighted by Gasteiger charge is 2.35. The first-order valence-corrected chi connectivity index (χ1v) is 9.22. The molecule has 0 amide bonds. The van der Waals surface area contributed by atoms with Gasteiger partial charge in [-0.3, -0.25) is 0 Å². The average molecular weight is 305 g/mol. The molecule has 0 radical (unpaired) electrons. The van der Waals surface area contributed by atoms with Crippen LogP contribution in [0.15, 0.2) is 23.1 Å². The van der Waals surface area contributed by atoms with Gasteiger partial charge in [-0.25, -0.2) is 8.42 Å². The van der Waals surface area contributed by atoms with Gasteiger partial charge in [0.15, 0.2) is 15.1 Å². The zero-order chi connectivity index (χ0) is 15.5. The van der Waals surface area contributed by atoms with Crippen molar-refractivity contribution >= 4 is 9.84 Å². The lowest BCUT2D eigenvalue weighted by molar-refractivity contribution is 0.459. The van der Waals surface area contributed by atoms with Gasteiger partial charge < -0.3 is 0 Å². The van der Waals surface area contributed by atoms with E-state index in [2.05, 4.69) is 6.07 Å². The maximum Gasteiger partial charge on any atom is 0.195 e. The molecular weight excluding hydrogens is 282 g/mol. The first-order valence-electron chi connectivity index (χ1n) is 7.67. The van der Waals surface area contributed by atoms with Crippen molar-refractivity contribution in [1.82, 2.24) is 0 Å². The van der Waals surface area contributed by atoms with Gasteiger partial charge in [-0.2, -0.15) is 5.26 Å². The number of nitrogens with zero attached hydrogens (tertiary/aromatic N) is 1. The fraction of sp³-hybridized carbons (Fsp3) is 0.588. The van der Waals surface area contributed by atoms with Gasteiger partial charge in [0.1, 0.15) is 0 Å². The minimum atomic E-state index is -3.58. The molecule has 1 aliphatic carbocycles.